The first-order chi connectivity index (χ1) is 15.0. The molecule has 2 aromatic rings. The average Bonchev–Trinajstić information content (AvgIpc) is 2.81. The van der Waals surface area contributed by atoms with Crippen LogP contribution >= 0.6 is 0 Å². The van der Waals surface area contributed by atoms with E-state index in [-0.39, 0.29) is 12.5 Å². The Kier molecular flexibility index (Phi) is 7.76. The standard InChI is InChI=1S/C24H30N2O5/c1-18(2)16-30-22-6-4-5-19(15-22)24(28)31-17-23(27)26-13-11-25(12-14-26)20-7-9-21(29-3)10-8-20/h4-10,15,18H,11-14,16-17H2,1-3H3. The van der Waals surface area contributed by atoms with Crippen molar-refractivity contribution in [2.75, 3.05) is 51.4 Å². The van der Waals surface area contributed by atoms with Gasteiger partial charge in [-0.2, -0.15) is 0 Å². The quantitative estimate of drug-likeness (QED) is 0.604. The highest BCUT2D eigenvalue weighted by atomic mass is 16.5. The molecule has 7 heteroatoms. The normalized spacial score (nSPS) is 13.8. The first-order valence-corrected chi connectivity index (χ1v) is 10.5. The van der Waals surface area contributed by atoms with E-state index in [1.807, 2.05) is 24.3 Å². The van der Waals surface area contributed by atoms with Crippen molar-refractivity contribution in [3.8, 4) is 11.5 Å². The minimum Gasteiger partial charge on any atom is -0.497 e. The molecular weight excluding hydrogens is 396 g/mol. The van der Waals surface area contributed by atoms with E-state index in [0.29, 0.717) is 36.9 Å². The third-order valence-electron chi connectivity index (χ3n) is 5.05. The maximum atomic E-state index is 12.5. The molecule has 0 aromatic heterocycles. The molecule has 1 aliphatic heterocycles. The Morgan fingerprint density at radius 2 is 1.68 bits per heavy atom. The fourth-order valence-electron chi connectivity index (χ4n) is 3.28. The molecule has 0 bridgehead atoms. The van der Waals surface area contributed by atoms with Crippen LogP contribution in [0.3, 0.4) is 0 Å². The highest BCUT2D eigenvalue weighted by Gasteiger charge is 2.22. The summed E-state index contributed by atoms with van der Waals surface area (Å²) in [5.41, 5.74) is 1.47. The molecule has 3 rings (SSSR count). The molecule has 1 aliphatic rings. The number of benzene rings is 2. The number of anilines is 1. The number of ether oxygens (including phenoxy) is 3. The molecular formula is C24H30N2O5. The van der Waals surface area contributed by atoms with Crippen LogP contribution in [-0.2, 0) is 9.53 Å². The number of carbonyl (C=O) groups excluding carboxylic acids is 2. The van der Waals surface area contributed by atoms with Gasteiger partial charge in [-0.25, -0.2) is 4.79 Å². The second-order valence-electron chi connectivity index (χ2n) is 7.87. The van der Waals surface area contributed by atoms with Crippen molar-refractivity contribution in [2.24, 2.45) is 5.92 Å². The Hall–Kier alpha value is -3.22. The zero-order valence-electron chi connectivity index (χ0n) is 18.4. The number of carbonyl (C=O) groups is 2. The maximum Gasteiger partial charge on any atom is 0.338 e. The van der Waals surface area contributed by atoms with Crippen molar-refractivity contribution in [1.29, 1.82) is 0 Å². The van der Waals surface area contributed by atoms with E-state index in [2.05, 4.69) is 18.7 Å². The number of methoxy groups -OCH3 is 1. The average molecular weight is 427 g/mol. The van der Waals surface area contributed by atoms with Gasteiger partial charge in [0.1, 0.15) is 11.5 Å². The summed E-state index contributed by atoms with van der Waals surface area (Å²) in [7, 11) is 1.64. The number of amides is 1. The number of nitrogens with zero attached hydrogens (tertiary/aromatic N) is 2. The highest BCUT2D eigenvalue weighted by Crippen LogP contribution is 2.20. The SMILES string of the molecule is COc1ccc(N2CCN(C(=O)COC(=O)c3cccc(OCC(C)C)c3)CC2)cc1. The molecule has 0 atom stereocenters. The Bertz CT molecular complexity index is 874. The lowest BCUT2D eigenvalue weighted by Gasteiger charge is -2.36. The maximum absolute atomic E-state index is 12.5. The van der Waals surface area contributed by atoms with Gasteiger partial charge in [0, 0.05) is 31.9 Å². The Morgan fingerprint density at radius 3 is 2.32 bits per heavy atom. The van der Waals surface area contributed by atoms with Gasteiger partial charge < -0.3 is 24.0 Å². The molecule has 0 unspecified atom stereocenters. The zero-order valence-corrected chi connectivity index (χ0v) is 18.4. The first kappa shape index (κ1) is 22.5. The van der Waals surface area contributed by atoms with Crippen LogP contribution in [0.1, 0.15) is 24.2 Å². The van der Waals surface area contributed by atoms with Gasteiger partial charge in [0.25, 0.3) is 5.91 Å². The van der Waals surface area contributed by atoms with Crippen LogP contribution in [0, 0.1) is 5.92 Å². The van der Waals surface area contributed by atoms with Crippen LogP contribution in [-0.4, -0.2) is 63.3 Å². The van der Waals surface area contributed by atoms with Gasteiger partial charge in [-0.3, -0.25) is 4.79 Å². The van der Waals surface area contributed by atoms with Gasteiger partial charge in [-0.15, -0.1) is 0 Å². The van der Waals surface area contributed by atoms with Gasteiger partial charge in [-0.05, 0) is 48.4 Å². The van der Waals surface area contributed by atoms with Crippen molar-refractivity contribution < 1.29 is 23.8 Å². The summed E-state index contributed by atoms with van der Waals surface area (Å²) in [6.07, 6.45) is 0. The largest absolute Gasteiger partial charge is 0.497 e. The molecule has 1 heterocycles. The summed E-state index contributed by atoms with van der Waals surface area (Å²) in [4.78, 5) is 28.8. The molecule has 0 N–H and O–H groups in total. The van der Waals surface area contributed by atoms with Crippen molar-refractivity contribution in [3.05, 3.63) is 54.1 Å². The smallest absolute Gasteiger partial charge is 0.338 e. The number of hydrogen-bond acceptors (Lipinski definition) is 6. The van der Waals surface area contributed by atoms with Crippen molar-refractivity contribution >= 4 is 17.6 Å². The van der Waals surface area contributed by atoms with Crippen LogP contribution in [0.2, 0.25) is 0 Å². The lowest BCUT2D eigenvalue weighted by atomic mass is 10.2. The summed E-state index contributed by atoms with van der Waals surface area (Å²) < 4.78 is 16.1. The van der Waals surface area contributed by atoms with Gasteiger partial charge in [-0.1, -0.05) is 19.9 Å². The molecule has 2 aromatic carbocycles. The second kappa shape index (κ2) is 10.7. The van der Waals surface area contributed by atoms with E-state index < -0.39 is 5.97 Å². The number of rotatable bonds is 8. The topological polar surface area (TPSA) is 68.3 Å². The van der Waals surface area contributed by atoms with Crippen LogP contribution in [0.5, 0.6) is 11.5 Å². The predicted octanol–water partition coefficient (Wildman–Crippen LogP) is 3.24. The van der Waals surface area contributed by atoms with Crippen LogP contribution in [0.4, 0.5) is 5.69 Å². The Balaban J connectivity index is 1.45. The third kappa shape index (κ3) is 6.38. The van der Waals surface area contributed by atoms with Crippen molar-refractivity contribution in [1.82, 2.24) is 4.90 Å². The third-order valence-corrected chi connectivity index (χ3v) is 5.05. The monoisotopic (exact) mass is 426 g/mol. The van der Waals surface area contributed by atoms with Crippen molar-refractivity contribution in [2.45, 2.75) is 13.8 Å². The summed E-state index contributed by atoms with van der Waals surface area (Å²) in [5, 5.41) is 0. The van der Waals surface area contributed by atoms with E-state index in [0.717, 1.165) is 24.5 Å². The minimum atomic E-state index is -0.528. The molecule has 31 heavy (non-hydrogen) atoms. The predicted molar refractivity (Wildman–Crippen MR) is 119 cm³/mol. The van der Waals surface area contributed by atoms with Crippen LogP contribution in [0.15, 0.2) is 48.5 Å². The molecule has 1 fully saturated rings. The van der Waals surface area contributed by atoms with Gasteiger partial charge in [0.05, 0.1) is 19.3 Å². The first-order valence-electron chi connectivity index (χ1n) is 10.5. The molecule has 0 aliphatic carbocycles. The molecule has 0 saturated carbocycles. The van der Waals surface area contributed by atoms with Crippen molar-refractivity contribution in [3.63, 3.8) is 0 Å². The summed E-state index contributed by atoms with van der Waals surface area (Å²) in [6, 6.07) is 14.7. The number of piperazine rings is 1. The lowest BCUT2D eigenvalue weighted by Crippen LogP contribution is -2.49. The van der Waals surface area contributed by atoms with Crippen LogP contribution in [0.25, 0.3) is 0 Å². The Labute approximate surface area is 183 Å². The molecule has 166 valence electrons. The van der Waals surface area contributed by atoms with Gasteiger partial charge in [0.15, 0.2) is 6.61 Å². The van der Waals surface area contributed by atoms with E-state index in [1.165, 1.54) is 0 Å². The summed E-state index contributed by atoms with van der Waals surface area (Å²) in [5.74, 6) is 1.11. The fraction of sp³-hybridized carbons (Fsp3) is 0.417. The second-order valence-corrected chi connectivity index (χ2v) is 7.87. The number of hydrogen-bond donors (Lipinski definition) is 0. The molecule has 1 saturated heterocycles. The molecule has 0 spiro atoms. The van der Waals surface area contributed by atoms with Gasteiger partial charge >= 0.3 is 5.97 Å². The molecule has 0 radical (unpaired) electrons. The molecule has 1 amide bonds. The fourth-order valence-corrected chi connectivity index (χ4v) is 3.28. The summed E-state index contributed by atoms with van der Waals surface area (Å²) >= 11 is 0. The van der Waals surface area contributed by atoms with E-state index in [1.54, 1.807) is 36.3 Å². The number of esters is 1. The Morgan fingerprint density at radius 1 is 0.968 bits per heavy atom. The van der Waals surface area contributed by atoms with E-state index >= 15 is 0 Å². The zero-order chi connectivity index (χ0) is 22.2. The van der Waals surface area contributed by atoms with E-state index in [9.17, 15) is 9.59 Å². The van der Waals surface area contributed by atoms with Crippen LogP contribution < -0.4 is 14.4 Å². The summed E-state index contributed by atoms with van der Waals surface area (Å²) in [6.45, 7) is 7.03. The molecule has 7 nitrogen and oxygen atoms in total. The highest BCUT2D eigenvalue weighted by molar-refractivity contribution is 5.91. The lowest BCUT2D eigenvalue weighted by molar-refractivity contribution is -0.134. The minimum absolute atomic E-state index is 0.185. The van der Waals surface area contributed by atoms with Gasteiger partial charge in [0.2, 0.25) is 0 Å². The van der Waals surface area contributed by atoms with E-state index in [4.69, 9.17) is 14.2 Å².